The molecule has 4 nitrogen and oxygen atoms in total. The number of benzene rings is 1. The maximum atomic E-state index is 5.62. The van der Waals surface area contributed by atoms with E-state index in [1.165, 1.54) is 6.01 Å². The fourth-order valence-corrected chi connectivity index (χ4v) is 0.880. The molecule has 2 aromatic rings. The van der Waals surface area contributed by atoms with Gasteiger partial charge in [-0.2, -0.15) is 0 Å². The second kappa shape index (κ2) is 4.05. The lowest BCUT2D eigenvalue weighted by Crippen LogP contribution is -1.63. The molecule has 0 aliphatic rings. The summed E-state index contributed by atoms with van der Waals surface area (Å²) in [5.74, 6) is 0. The van der Waals surface area contributed by atoms with E-state index in [1.807, 2.05) is 24.3 Å². The Labute approximate surface area is 69.3 Å². The van der Waals surface area contributed by atoms with E-state index >= 15 is 0 Å². The standard InChI is InChI=1S/C7H6N2.CH2N2/c1-2-4-7-6(3-1)8-5-9-7;2-1-3/h1-5H,(H,8,9);2-3H. The molecule has 0 fully saturated rings. The predicted octanol–water partition coefficient (Wildman–Crippen LogP) is 1.88. The smallest absolute Gasteiger partial charge is 0.0931 e. The molecule has 0 radical (unpaired) electrons. The lowest BCUT2D eigenvalue weighted by Gasteiger charge is -1.81. The van der Waals surface area contributed by atoms with Gasteiger partial charge in [0.15, 0.2) is 0 Å². The van der Waals surface area contributed by atoms with Crippen LogP contribution < -0.4 is 0 Å². The average Bonchev–Trinajstić information content (AvgIpc) is 2.52. The molecule has 2 rings (SSSR count). The van der Waals surface area contributed by atoms with Crippen molar-refractivity contribution in [3.8, 4) is 0 Å². The molecule has 0 bridgehead atoms. The molecule has 0 unspecified atom stereocenters. The van der Waals surface area contributed by atoms with Gasteiger partial charge in [-0.3, -0.25) is 0 Å². The third-order valence-corrected chi connectivity index (χ3v) is 1.33. The lowest BCUT2D eigenvalue weighted by atomic mass is 10.3. The first-order valence-corrected chi connectivity index (χ1v) is 3.35. The molecule has 0 aliphatic carbocycles. The third-order valence-electron chi connectivity index (χ3n) is 1.33. The number of nitrogens with zero attached hydrogens (tertiary/aromatic N) is 1. The van der Waals surface area contributed by atoms with E-state index < -0.39 is 0 Å². The highest BCUT2D eigenvalue weighted by molar-refractivity contribution is 5.73. The molecule has 0 atom stereocenters. The van der Waals surface area contributed by atoms with Gasteiger partial charge in [-0.15, -0.1) is 0 Å². The number of nitrogens with one attached hydrogen (secondary N) is 3. The van der Waals surface area contributed by atoms with Gasteiger partial charge in [0.2, 0.25) is 0 Å². The molecular weight excluding hydrogens is 152 g/mol. The van der Waals surface area contributed by atoms with Crippen LogP contribution in [0.5, 0.6) is 0 Å². The van der Waals surface area contributed by atoms with Gasteiger partial charge in [-0.1, -0.05) is 12.1 Å². The van der Waals surface area contributed by atoms with Crippen molar-refractivity contribution in [1.29, 1.82) is 10.8 Å². The highest BCUT2D eigenvalue weighted by Gasteiger charge is 1.88. The van der Waals surface area contributed by atoms with Crippen LogP contribution in [0.15, 0.2) is 30.6 Å². The molecule has 1 aromatic carbocycles. The van der Waals surface area contributed by atoms with Gasteiger partial charge in [0.1, 0.15) is 0 Å². The summed E-state index contributed by atoms with van der Waals surface area (Å²) in [6.45, 7) is 0. The van der Waals surface area contributed by atoms with Crippen molar-refractivity contribution in [2.45, 2.75) is 0 Å². The summed E-state index contributed by atoms with van der Waals surface area (Å²) in [7, 11) is 0. The van der Waals surface area contributed by atoms with Crippen LogP contribution in [-0.4, -0.2) is 16.0 Å². The molecule has 4 heteroatoms. The first kappa shape index (κ1) is 8.17. The monoisotopic (exact) mass is 160 g/mol. The second-order valence-electron chi connectivity index (χ2n) is 2.04. The number of fused-ring (bicyclic) bond motifs is 1. The molecule has 12 heavy (non-hydrogen) atoms. The van der Waals surface area contributed by atoms with Crippen LogP contribution in [0.1, 0.15) is 0 Å². The van der Waals surface area contributed by atoms with E-state index in [4.69, 9.17) is 10.8 Å². The van der Waals surface area contributed by atoms with E-state index in [-0.39, 0.29) is 0 Å². The molecule has 0 saturated carbocycles. The van der Waals surface area contributed by atoms with Gasteiger partial charge in [0, 0.05) is 0 Å². The summed E-state index contributed by atoms with van der Waals surface area (Å²) < 4.78 is 0. The number of para-hydroxylation sites is 2. The van der Waals surface area contributed by atoms with Gasteiger partial charge in [-0.05, 0) is 12.1 Å². The minimum atomic E-state index is 1.03. The van der Waals surface area contributed by atoms with E-state index in [0.717, 1.165) is 11.0 Å². The SMILES string of the molecule is N=C=N.c1ccc2[nH]cnc2c1. The summed E-state index contributed by atoms with van der Waals surface area (Å²) in [6, 6.07) is 9.19. The summed E-state index contributed by atoms with van der Waals surface area (Å²) in [4.78, 5) is 7.07. The van der Waals surface area contributed by atoms with E-state index in [9.17, 15) is 0 Å². The maximum absolute atomic E-state index is 5.62. The number of imidazole rings is 1. The summed E-state index contributed by atoms with van der Waals surface area (Å²) in [5.41, 5.74) is 2.12. The molecule has 1 heterocycles. The van der Waals surface area contributed by atoms with Gasteiger partial charge in [0.05, 0.1) is 23.4 Å². The van der Waals surface area contributed by atoms with Crippen LogP contribution in [-0.2, 0) is 0 Å². The normalized spacial score (nSPS) is 8.33. The first-order valence-electron chi connectivity index (χ1n) is 3.35. The number of rotatable bonds is 0. The van der Waals surface area contributed by atoms with Gasteiger partial charge < -0.3 is 4.98 Å². The van der Waals surface area contributed by atoms with E-state index in [1.54, 1.807) is 6.33 Å². The molecule has 0 aliphatic heterocycles. The quantitative estimate of drug-likeness (QED) is 0.505. The number of aromatic nitrogens is 2. The molecule has 0 spiro atoms. The largest absolute Gasteiger partial charge is 0.345 e. The zero-order valence-corrected chi connectivity index (χ0v) is 6.33. The zero-order valence-electron chi connectivity index (χ0n) is 6.33. The van der Waals surface area contributed by atoms with Crippen molar-refractivity contribution < 1.29 is 0 Å². The zero-order chi connectivity index (χ0) is 8.81. The molecule has 3 N–H and O–H groups in total. The van der Waals surface area contributed by atoms with Crippen LogP contribution in [0.4, 0.5) is 0 Å². The molecular formula is C8H8N4. The van der Waals surface area contributed by atoms with Gasteiger partial charge >= 0.3 is 0 Å². The maximum Gasteiger partial charge on any atom is 0.0931 e. The van der Waals surface area contributed by atoms with Crippen LogP contribution in [0.3, 0.4) is 0 Å². The van der Waals surface area contributed by atoms with Crippen molar-refractivity contribution in [3.05, 3.63) is 30.6 Å². The van der Waals surface area contributed by atoms with Crippen molar-refractivity contribution in [1.82, 2.24) is 9.97 Å². The first-order chi connectivity index (χ1) is 5.88. The summed E-state index contributed by atoms with van der Waals surface area (Å²) in [6.07, 6.45) is 1.70. The van der Waals surface area contributed by atoms with Gasteiger partial charge in [0.25, 0.3) is 0 Å². The Hall–Kier alpha value is -1.93. The predicted molar refractivity (Wildman–Crippen MR) is 46.5 cm³/mol. The third kappa shape index (κ3) is 1.78. The van der Waals surface area contributed by atoms with Crippen LogP contribution in [0.2, 0.25) is 0 Å². The molecule has 0 amide bonds. The topological polar surface area (TPSA) is 76.4 Å². The molecule has 1 aromatic heterocycles. The van der Waals surface area contributed by atoms with Gasteiger partial charge in [-0.25, -0.2) is 15.8 Å². The van der Waals surface area contributed by atoms with E-state index in [2.05, 4.69) is 9.97 Å². The molecule has 0 saturated heterocycles. The Bertz CT molecular complexity index is 354. The van der Waals surface area contributed by atoms with Crippen LogP contribution in [0, 0.1) is 10.8 Å². The second-order valence-corrected chi connectivity index (χ2v) is 2.04. The van der Waals surface area contributed by atoms with Crippen molar-refractivity contribution in [2.75, 3.05) is 0 Å². The highest BCUT2D eigenvalue weighted by atomic mass is 14.9. The minimum Gasteiger partial charge on any atom is -0.345 e. The Balaban J connectivity index is 0.000000213. The van der Waals surface area contributed by atoms with Crippen LogP contribution >= 0.6 is 0 Å². The average molecular weight is 160 g/mol. The van der Waals surface area contributed by atoms with Crippen molar-refractivity contribution in [2.24, 2.45) is 0 Å². The Morgan fingerprint density at radius 1 is 1.25 bits per heavy atom. The van der Waals surface area contributed by atoms with E-state index in [0.29, 0.717) is 0 Å². The Kier molecular flexibility index (Phi) is 2.76. The number of hydrogen-bond acceptors (Lipinski definition) is 3. The van der Waals surface area contributed by atoms with Crippen LogP contribution in [0.25, 0.3) is 11.0 Å². The van der Waals surface area contributed by atoms with Crippen molar-refractivity contribution in [3.63, 3.8) is 0 Å². The lowest BCUT2D eigenvalue weighted by molar-refractivity contribution is 1.34. The highest BCUT2D eigenvalue weighted by Crippen LogP contribution is 2.05. The number of hydrogen-bond donors (Lipinski definition) is 3. The fourth-order valence-electron chi connectivity index (χ4n) is 0.880. The summed E-state index contributed by atoms with van der Waals surface area (Å²) in [5, 5.41) is 11.2. The molecule has 60 valence electrons. The fraction of sp³-hybridized carbons (Fsp3) is 0. The Morgan fingerprint density at radius 3 is 2.58 bits per heavy atom. The minimum absolute atomic E-state index is 1.03. The Morgan fingerprint density at radius 2 is 1.92 bits per heavy atom. The summed E-state index contributed by atoms with van der Waals surface area (Å²) >= 11 is 0. The van der Waals surface area contributed by atoms with Crippen molar-refractivity contribution >= 4 is 17.0 Å². The number of H-pyrrole nitrogens is 1. The number of aromatic amines is 1.